The van der Waals surface area contributed by atoms with Gasteiger partial charge in [-0.1, -0.05) is 26.0 Å². The van der Waals surface area contributed by atoms with Gasteiger partial charge in [-0.25, -0.2) is 10.2 Å². The van der Waals surface area contributed by atoms with Gasteiger partial charge in [-0.2, -0.15) is 5.10 Å². The van der Waals surface area contributed by atoms with E-state index in [0.29, 0.717) is 40.2 Å². The number of rotatable bonds is 12. The standard InChI is InChI=1S/C29H32N2O7/c1-6-19(2)21-9-13-23(14-10-21)37-18-27(32)31-30-17-20-7-11-24(12-8-20)38-29(33)22-15-25(34-3)28(36-5)26(16-22)35-4/h7-17,19H,6,18H2,1-5H3,(H,31,32)/b30-17-/t19-/m1/s1. The van der Waals surface area contributed by atoms with E-state index in [1.54, 1.807) is 24.3 Å². The number of hydrazone groups is 1. The summed E-state index contributed by atoms with van der Waals surface area (Å²) in [5.74, 6) is 1.52. The van der Waals surface area contributed by atoms with Gasteiger partial charge in [-0.3, -0.25) is 4.79 Å². The van der Waals surface area contributed by atoms with E-state index in [1.807, 2.05) is 24.3 Å². The van der Waals surface area contributed by atoms with Gasteiger partial charge in [0.1, 0.15) is 11.5 Å². The number of hydrogen-bond acceptors (Lipinski definition) is 8. The molecule has 0 aliphatic heterocycles. The molecule has 0 aromatic heterocycles. The van der Waals surface area contributed by atoms with Gasteiger partial charge in [-0.15, -0.1) is 0 Å². The molecule has 0 heterocycles. The van der Waals surface area contributed by atoms with Gasteiger partial charge in [0.2, 0.25) is 5.75 Å². The lowest BCUT2D eigenvalue weighted by atomic mass is 9.99. The van der Waals surface area contributed by atoms with Gasteiger partial charge >= 0.3 is 5.97 Å². The van der Waals surface area contributed by atoms with Gasteiger partial charge in [0, 0.05) is 0 Å². The fourth-order valence-electron chi connectivity index (χ4n) is 3.48. The van der Waals surface area contributed by atoms with Gasteiger partial charge < -0.3 is 23.7 Å². The van der Waals surface area contributed by atoms with Crippen LogP contribution >= 0.6 is 0 Å². The highest BCUT2D eigenvalue weighted by molar-refractivity contribution is 5.93. The second-order valence-corrected chi connectivity index (χ2v) is 8.33. The highest BCUT2D eigenvalue weighted by Crippen LogP contribution is 2.38. The molecule has 0 fully saturated rings. The SMILES string of the molecule is CC[C@@H](C)c1ccc(OCC(=O)N/N=C\c2ccc(OC(=O)c3cc(OC)c(OC)c(OC)c3)cc2)cc1. The number of ether oxygens (including phenoxy) is 5. The third-order valence-corrected chi connectivity index (χ3v) is 5.83. The Morgan fingerprint density at radius 2 is 1.50 bits per heavy atom. The topological polar surface area (TPSA) is 105 Å². The Morgan fingerprint density at radius 1 is 0.895 bits per heavy atom. The molecule has 1 amide bonds. The third-order valence-electron chi connectivity index (χ3n) is 5.83. The minimum Gasteiger partial charge on any atom is -0.493 e. The number of esters is 1. The van der Waals surface area contributed by atoms with E-state index >= 15 is 0 Å². The minimum atomic E-state index is -0.590. The van der Waals surface area contributed by atoms with Crippen molar-refractivity contribution >= 4 is 18.1 Å². The molecule has 3 aromatic carbocycles. The Kier molecular flexibility index (Phi) is 10.1. The Morgan fingerprint density at radius 3 is 2.05 bits per heavy atom. The van der Waals surface area contributed by atoms with Crippen molar-refractivity contribution in [3.8, 4) is 28.7 Å². The van der Waals surface area contributed by atoms with Crippen molar-refractivity contribution in [2.75, 3.05) is 27.9 Å². The van der Waals surface area contributed by atoms with Crippen molar-refractivity contribution in [2.45, 2.75) is 26.2 Å². The smallest absolute Gasteiger partial charge is 0.343 e. The van der Waals surface area contributed by atoms with Crippen LogP contribution in [-0.4, -0.2) is 46.0 Å². The minimum absolute atomic E-state index is 0.157. The molecular weight excluding hydrogens is 488 g/mol. The van der Waals surface area contributed by atoms with Gasteiger partial charge in [0.25, 0.3) is 5.91 Å². The van der Waals surface area contributed by atoms with E-state index in [1.165, 1.54) is 45.2 Å². The molecule has 1 N–H and O–H groups in total. The first-order valence-corrected chi connectivity index (χ1v) is 12.0. The summed E-state index contributed by atoms with van der Waals surface area (Å²) in [5, 5.41) is 3.94. The van der Waals surface area contributed by atoms with Gasteiger partial charge in [-0.05, 0) is 72.0 Å². The van der Waals surface area contributed by atoms with Crippen LogP contribution in [0.5, 0.6) is 28.7 Å². The predicted molar refractivity (Wildman–Crippen MR) is 144 cm³/mol. The lowest BCUT2D eigenvalue weighted by Gasteiger charge is -2.13. The molecule has 38 heavy (non-hydrogen) atoms. The van der Waals surface area contributed by atoms with Crippen LogP contribution in [0.2, 0.25) is 0 Å². The second kappa shape index (κ2) is 13.7. The number of amides is 1. The highest BCUT2D eigenvalue weighted by Gasteiger charge is 2.18. The van der Waals surface area contributed by atoms with E-state index in [0.717, 1.165) is 6.42 Å². The number of methoxy groups -OCH3 is 3. The summed E-state index contributed by atoms with van der Waals surface area (Å²) in [6, 6.07) is 17.4. The maximum atomic E-state index is 12.6. The molecule has 0 aliphatic rings. The average Bonchev–Trinajstić information content (AvgIpc) is 2.95. The molecule has 9 nitrogen and oxygen atoms in total. The fourth-order valence-corrected chi connectivity index (χ4v) is 3.48. The second-order valence-electron chi connectivity index (χ2n) is 8.33. The number of carbonyl (C=O) groups is 2. The van der Waals surface area contributed by atoms with E-state index in [-0.39, 0.29) is 18.1 Å². The molecule has 0 spiro atoms. The summed E-state index contributed by atoms with van der Waals surface area (Å²) in [7, 11) is 4.42. The molecule has 200 valence electrons. The first kappa shape index (κ1) is 28.0. The monoisotopic (exact) mass is 520 g/mol. The summed E-state index contributed by atoms with van der Waals surface area (Å²) in [6.45, 7) is 4.15. The van der Waals surface area contributed by atoms with Gasteiger partial charge in [0.05, 0.1) is 33.1 Å². The van der Waals surface area contributed by atoms with Crippen LogP contribution in [0.25, 0.3) is 0 Å². The Bertz CT molecular complexity index is 1230. The van der Waals surface area contributed by atoms with Crippen LogP contribution in [0, 0.1) is 0 Å². The van der Waals surface area contributed by atoms with E-state index in [9.17, 15) is 9.59 Å². The van der Waals surface area contributed by atoms with Crippen molar-refractivity contribution in [3.63, 3.8) is 0 Å². The number of nitrogens with one attached hydrogen (secondary N) is 1. The zero-order valence-corrected chi connectivity index (χ0v) is 22.1. The first-order chi connectivity index (χ1) is 18.4. The number of benzene rings is 3. The van der Waals surface area contributed by atoms with Crippen LogP contribution in [-0.2, 0) is 4.79 Å². The van der Waals surface area contributed by atoms with Crippen LogP contribution in [0.1, 0.15) is 47.7 Å². The zero-order valence-electron chi connectivity index (χ0n) is 22.1. The molecule has 3 aromatic rings. The van der Waals surface area contributed by atoms with Gasteiger partial charge in [0.15, 0.2) is 18.1 Å². The predicted octanol–water partition coefficient (Wildman–Crippen LogP) is 4.97. The summed E-state index contributed by atoms with van der Waals surface area (Å²) in [4.78, 5) is 24.7. The fraction of sp³-hybridized carbons (Fsp3) is 0.276. The highest BCUT2D eigenvalue weighted by atomic mass is 16.5. The molecule has 0 radical (unpaired) electrons. The van der Waals surface area contributed by atoms with E-state index < -0.39 is 5.97 Å². The van der Waals surface area contributed by atoms with Crippen LogP contribution in [0.4, 0.5) is 0 Å². The lowest BCUT2D eigenvalue weighted by Crippen LogP contribution is -2.24. The molecule has 0 aliphatic carbocycles. The summed E-state index contributed by atoms with van der Waals surface area (Å²) >= 11 is 0. The van der Waals surface area contributed by atoms with Crippen molar-refractivity contribution in [2.24, 2.45) is 5.10 Å². The van der Waals surface area contributed by atoms with Crippen LogP contribution < -0.4 is 29.1 Å². The molecular formula is C29H32N2O7. The summed E-state index contributed by atoms with van der Waals surface area (Å²) in [5.41, 5.74) is 4.59. The average molecular weight is 521 g/mol. The number of carbonyl (C=O) groups excluding carboxylic acids is 2. The third kappa shape index (κ3) is 7.49. The number of hydrogen-bond donors (Lipinski definition) is 1. The first-order valence-electron chi connectivity index (χ1n) is 12.0. The van der Waals surface area contributed by atoms with Crippen molar-refractivity contribution in [3.05, 3.63) is 77.4 Å². The molecule has 0 unspecified atom stereocenters. The molecule has 0 saturated carbocycles. The summed E-state index contributed by atoms with van der Waals surface area (Å²) in [6.07, 6.45) is 2.53. The lowest BCUT2D eigenvalue weighted by molar-refractivity contribution is -0.123. The van der Waals surface area contributed by atoms with Crippen LogP contribution in [0.15, 0.2) is 65.8 Å². The van der Waals surface area contributed by atoms with Crippen molar-refractivity contribution in [1.29, 1.82) is 0 Å². The zero-order chi connectivity index (χ0) is 27.5. The molecule has 3 rings (SSSR count). The Labute approximate surface area is 222 Å². The Balaban J connectivity index is 1.51. The largest absolute Gasteiger partial charge is 0.493 e. The molecule has 1 atom stereocenters. The quantitative estimate of drug-likeness (QED) is 0.156. The maximum Gasteiger partial charge on any atom is 0.343 e. The molecule has 0 bridgehead atoms. The van der Waals surface area contributed by atoms with E-state index in [2.05, 4.69) is 24.4 Å². The molecule has 0 saturated heterocycles. The Hall–Kier alpha value is -4.53. The molecule has 9 heteroatoms. The van der Waals surface area contributed by atoms with Crippen LogP contribution in [0.3, 0.4) is 0 Å². The number of nitrogens with zero attached hydrogens (tertiary/aromatic N) is 1. The summed E-state index contributed by atoms with van der Waals surface area (Å²) < 4.78 is 26.8. The van der Waals surface area contributed by atoms with Crippen molar-refractivity contribution < 1.29 is 33.3 Å². The van der Waals surface area contributed by atoms with E-state index in [4.69, 9.17) is 23.7 Å². The van der Waals surface area contributed by atoms with Crippen molar-refractivity contribution in [1.82, 2.24) is 5.43 Å². The maximum absolute atomic E-state index is 12.6. The normalized spacial score (nSPS) is 11.5.